The summed E-state index contributed by atoms with van der Waals surface area (Å²) in [6.45, 7) is -1.74. The van der Waals surface area contributed by atoms with Crippen molar-refractivity contribution in [1.29, 1.82) is 0 Å². The summed E-state index contributed by atoms with van der Waals surface area (Å²) in [7, 11) is 0. The second-order valence-electron chi connectivity index (χ2n) is 12.2. The van der Waals surface area contributed by atoms with Gasteiger partial charge in [0.05, 0.1) is 44.6 Å². The number of nitrogens with one attached hydrogen (secondary N) is 1. The van der Waals surface area contributed by atoms with Crippen molar-refractivity contribution in [1.82, 2.24) is 5.32 Å². The maximum Gasteiger partial charge on any atom is 0.217 e. The molecule has 17 N–H and O–H groups in total. The lowest BCUT2D eigenvalue weighted by molar-refractivity contribution is -0.358. The number of aliphatic hydroxyl groups is 10. The first-order valence-corrected chi connectivity index (χ1v) is 15.3. The van der Waals surface area contributed by atoms with Gasteiger partial charge in [-0.3, -0.25) is 4.79 Å². The minimum atomic E-state index is -1.88. The number of ether oxygens (including phenoxy) is 7. The highest BCUT2D eigenvalue weighted by atomic mass is 16.7. The molecule has 48 heavy (non-hydrogen) atoms. The summed E-state index contributed by atoms with van der Waals surface area (Å²) in [6.07, 6.45) is -25.0. The molecule has 4 fully saturated rings. The predicted octanol–water partition coefficient (Wildman–Crippen LogP) is -9.71. The standard InChI is InChI=1S/C26H48N4O18/c1-6(34)30-14-22(48-26-13(29)20(40)17(37)9(4-33)46-26)21(47-25-12(28)19(39)16(36)8(3-32)45-25)10(43-23(14)41)5-42-24-11(27)18(38)15(35)7(2-31)44-24/h7-26,31-33,35-41H,2-5,27-29H2,1H3,(H,30,34)/t7-,8-,9-,10-,11-,12-,13-,14-,15-,16-,17-,18-,19-,20-,21-,22-,23+,24-,25+,26+/m1/s1. The zero-order valence-electron chi connectivity index (χ0n) is 25.8. The fraction of sp³-hybridized carbons (Fsp3) is 0.962. The maximum atomic E-state index is 12.2. The second kappa shape index (κ2) is 16.8. The molecule has 22 heteroatoms. The van der Waals surface area contributed by atoms with E-state index in [9.17, 15) is 55.9 Å². The molecule has 4 saturated heterocycles. The van der Waals surface area contributed by atoms with Crippen LogP contribution in [0.3, 0.4) is 0 Å². The van der Waals surface area contributed by atoms with E-state index in [0.29, 0.717) is 0 Å². The van der Waals surface area contributed by atoms with Crippen LogP contribution < -0.4 is 22.5 Å². The van der Waals surface area contributed by atoms with Crippen molar-refractivity contribution < 1.29 is 89.0 Å². The number of aliphatic hydroxyl groups excluding tert-OH is 10. The molecule has 4 aliphatic heterocycles. The molecule has 0 aliphatic carbocycles. The molecule has 1 amide bonds. The predicted molar refractivity (Wildman–Crippen MR) is 151 cm³/mol. The fourth-order valence-corrected chi connectivity index (χ4v) is 5.97. The minimum Gasteiger partial charge on any atom is -0.394 e. The van der Waals surface area contributed by atoms with Gasteiger partial charge in [0.2, 0.25) is 5.91 Å². The zero-order valence-corrected chi connectivity index (χ0v) is 25.8. The summed E-state index contributed by atoms with van der Waals surface area (Å²) in [5, 5.41) is 105. The van der Waals surface area contributed by atoms with Crippen LogP contribution in [0.15, 0.2) is 0 Å². The van der Waals surface area contributed by atoms with Crippen molar-refractivity contribution >= 4 is 5.91 Å². The maximum absolute atomic E-state index is 12.2. The highest BCUT2D eigenvalue weighted by molar-refractivity contribution is 5.73. The SMILES string of the molecule is CC(=O)N[C@@H]1[C@@H](O[C@@H]2O[C@H](CO)[C@@H](O)[C@H](O)[C@H]2N)[C@H](O[C@@H]2O[C@H](CO)[C@@H](O)[C@H](O)[C@H]2N)[C@@H](CO[C@@H]2O[C@H](CO)[C@@H](O)[C@H](O)[C@H]2N)O[C@@H]1O. The van der Waals surface area contributed by atoms with Gasteiger partial charge in [-0.05, 0) is 0 Å². The third-order valence-corrected chi connectivity index (χ3v) is 8.83. The van der Waals surface area contributed by atoms with Crippen molar-refractivity contribution in [3.63, 3.8) is 0 Å². The van der Waals surface area contributed by atoms with Gasteiger partial charge in [-0.1, -0.05) is 0 Å². The minimum absolute atomic E-state index is 0.609. The van der Waals surface area contributed by atoms with Crippen molar-refractivity contribution in [3.05, 3.63) is 0 Å². The summed E-state index contributed by atoms with van der Waals surface area (Å²) in [5.74, 6) is -0.684. The molecule has 0 bridgehead atoms. The first kappa shape index (κ1) is 39.5. The number of nitrogens with two attached hydrogens (primary N) is 3. The van der Waals surface area contributed by atoms with Crippen LogP contribution in [0.2, 0.25) is 0 Å². The van der Waals surface area contributed by atoms with E-state index >= 15 is 0 Å². The molecular weight excluding hydrogens is 656 g/mol. The molecule has 4 heterocycles. The van der Waals surface area contributed by atoms with E-state index in [-0.39, 0.29) is 0 Å². The van der Waals surface area contributed by atoms with Gasteiger partial charge in [-0.2, -0.15) is 0 Å². The number of carbonyl (C=O) groups excluding carboxylic acids is 1. The monoisotopic (exact) mass is 704 g/mol. The Morgan fingerprint density at radius 3 is 1.42 bits per heavy atom. The second-order valence-corrected chi connectivity index (χ2v) is 12.2. The number of carbonyl (C=O) groups is 1. The molecular formula is C26H48N4O18. The molecule has 0 aromatic heterocycles. The zero-order chi connectivity index (χ0) is 35.6. The van der Waals surface area contributed by atoms with E-state index in [2.05, 4.69) is 5.32 Å². The number of rotatable bonds is 11. The fourth-order valence-electron chi connectivity index (χ4n) is 5.97. The third kappa shape index (κ3) is 8.24. The average molecular weight is 705 g/mol. The first-order valence-electron chi connectivity index (χ1n) is 15.3. The van der Waals surface area contributed by atoms with Crippen LogP contribution in [0.5, 0.6) is 0 Å². The van der Waals surface area contributed by atoms with Crippen LogP contribution in [0.4, 0.5) is 0 Å². The summed E-state index contributed by atoms with van der Waals surface area (Å²) < 4.78 is 40.4. The number of hydrogen-bond acceptors (Lipinski definition) is 21. The van der Waals surface area contributed by atoms with Crippen LogP contribution in [0, 0.1) is 0 Å². The molecule has 0 spiro atoms. The van der Waals surface area contributed by atoms with Crippen molar-refractivity contribution in [2.24, 2.45) is 17.2 Å². The molecule has 0 aromatic carbocycles. The van der Waals surface area contributed by atoms with E-state index in [0.717, 1.165) is 6.92 Å². The topological polar surface area (TPSA) is 374 Å². The van der Waals surface area contributed by atoms with Gasteiger partial charge in [0.15, 0.2) is 25.2 Å². The highest BCUT2D eigenvalue weighted by Gasteiger charge is 2.54. The van der Waals surface area contributed by atoms with Crippen molar-refractivity contribution in [2.45, 2.75) is 129 Å². The molecule has 4 rings (SSSR count). The molecule has 0 aromatic rings. The largest absolute Gasteiger partial charge is 0.394 e. The first-order chi connectivity index (χ1) is 22.6. The van der Waals surface area contributed by atoms with Gasteiger partial charge >= 0.3 is 0 Å². The lowest BCUT2D eigenvalue weighted by Gasteiger charge is -2.50. The Balaban J connectivity index is 1.68. The molecule has 4 aliphatic rings. The Labute approximate surface area is 273 Å². The lowest BCUT2D eigenvalue weighted by atomic mass is 9.93. The van der Waals surface area contributed by atoms with E-state index in [1.54, 1.807) is 0 Å². The normalized spacial score (nSPS) is 50.2. The molecule has 280 valence electrons. The molecule has 0 radical (unpaired) electrons. The van der Waals surface area contributed by atoms with E-state index in [1.165, 1.54) is 0 Å². The summed E-state index contributed by atoms with van der Waals surface area (Å²) in [5.41, 5.74) is 18.2. The van der Waals surface area contributed by atoms with Crippen LogP contribution in [-0.4, -0.2) is 206 Å². The van der Waals surface area contributed by atoms with Crippen molar-refractivity contribution in [3.8, 4) is 0 Å². The van der Waals surface area contributed by atoms with E-state index in [4.69, 9.17) is 50.4 Å². The lowest BCUT2D eigenvalue weighted by Crippen LogP contribution is -2.71. The van der Waals surface area contributed by atoms with Crippen LogP contribution in [0.25, 0.3) is 0 Å². The smallest absolute Gasteiger partial charge is 0.217 e. The van der Waals surface area contributed by atoms with Gasteiger partial charge in [-0.25, -0.2) is 0 Å². The van der Waals surface area contributed by atoms with Crippen LogP contribution in [0.1, 0.15) is 6.92 Å². The molecule has 0 saturated carbocycles. The number of hydrogen-bond donors (Lipinski definition) is 14. The molecule has 22 nitrogen and oxygen atoms in total. The molecule has 0 unspecified atom stereocenters. The van der Waals surface area contributed by atoms with Gasteiger partial charge in [0.25, 0.3) is 0 Å². The highest BCUT2D eigenvalue weighted by Crippen LogP contribution is 2.33. The van der Waals surface area contributed by atoms with Crippen LogP contribution in [-0.2, 0) is 38.0 Å². The van der Waals surface area contributed by atoms with Gasteiger partial charge in [-0.15, -0.1) is 0 Å². The Kier molecular flexibility index (Phi) is 13.8. The van der Waals surface area contributed by atoms with Gasteiger partial charge < -0.3 is 107 Å². The Bertz CT molecular complexity index is 1030. The Morgan fingerprint density at radius 2 is 1.00 bits per heavy atom. The van der Waals surface area contributed by atoms with Crippen LogP contribution >= 0.6 is 0 Å². The summed E-state index contributed by atoms with van der Waals surface area (Å²) in [6, 6.07) is -5.76. The van der Waals surface area contributed by atoms with E-state index < -0.39 is 155 Å². The van der Waals surface area contributed by atoms with E-state index in [1.807, 2.05) is 0 Å². The van der Waals surface area contributed by atoms with Gasteiger partial charge in [0, 0.05) is 6.92 Å². The Morgan fingerprint density at radius 1 is 0.604 bits per heavy atom. The summed E-state index contributed by atoms with van der Waals surface area (Å²) >= 11 is 0. The number of amides is 1. The molecule has 20 atom stereocenters. The third-order valence-electron chi connectivity index (χ3n) is 8.83. The quantitative estimate of drug-likeness (QED) is 0.0949. The van der Waals surface area contributed by atoms with Gasteiger partial charge in [0.1, 0.15) is 79.3 Å². The Hall–Kier alpha value is -1.33. The average Bonchev–Trinajstić information content (AvgIpc) is 3.06. The van der Waals surface area contributed by atoms with Crippen molar-refractivity contribution in [2.75, 3.05) is 26.4 Å². The summed E-state index contributed by atoms with van der Waals surface area (Å²) in [4.78, 5) is 12.2.